The quantitative estimate of drug-likeness (QED) is 0.770. The van der Waals surface area contributed by atoms with Gasteiger partial charge in [0.1, 0.15) is 0 Å². The number of aromatic nitrogens is 2. The van der Waals surface area contributed by atoms with Crippen LogP contribution in [-0.2, 0) is 6.18 Å². The number of halogens is 3. The molecule has 1 aromatic rings. The zero-order valence-corrected chi connectivity index (χ0v) is 11.0. The lowest BCUT2D eigenvalue weighted by atomic mass is 10.1. The van der Waals surface area contributed by atoms with Crippen LogP contribution in [0.15, 0.2) is 12.1 Å². The molecule has 0 bridgehead atoms. The monoisotopic (exact) mass is 273 g/mol. The fourth-order valence-corrected chi connectivity index (χ4v) is 2.50. The summed E-state index contributed by atoms with van der Waals surface area (Å²) < 4.78 is 37.2. The fourth-order valence-electron chi connectivity index (χ4n) is 2.50. The number of hydrogen-bond acceptors (Lipinski definition) is 3. The molecule has 0 saturated heterocycles. The maximum atomic E-state index is 12.4. The lowest BCUT2D eigenvalue weighted by Gasteiger charge is -2.27. The first kappa shape index (κ1) is 14.1. The molecule has 1 aliphatic carbocycles. The number of rotatable bonds is 2. The van der Waals surface area contributed by atoms with Gasteiger partial charge in [-0.15, -0.1) is 10.2 Å². The minimum Gasteiger partial charge on any atom is -0.355 e. The number of nitrogens with zero attached hydrogens (tertiary/aromatic N) is 3. The summed E-state index contributed by atoms with van der Waals surface area (Å²) in [5.74, 6) is 0.514. The van der Waals surface area contributed by atoms with Crippen molar-refractivity contribution in [2.24, 2.45) is 0 Å². The van der Waals surface area contributed by atoms with E-state index in [1.165, 1.54) is 31.7 Å². The molecule has 0 unspecified atom stereocenters. The SMILES string of the molecule is CN(c1ccc(C(F)(F)F)nn1)C1CCCCCC1. The van der Waals surface area contributed by atoms with Crippen LogP contribution in [0.3, 0.4) is 0 Å². The lowest BCUT2D eigenvalue weighted by molar-refractivity contribution is -0.141. The van der Waals surface area contributed by atoms with E-state index in [4.69, 9.17) is 0 Å². The van der Waals surface area contributed by atoms with Gasteiger partial charge in [-0.2, -0.15) is 13.2 Å². The van der Waals surface area contributed by atoms with Crippen molar-refractivity contribution in [3.05, 3.63) is 17.8 Å². The lowest BCUT2D eigenvalue weighted by Crippen LogP contribution is -2.32. The van der Waals surface area contributed by atoms with Gasteiger partial charge in [0, 0.05) is 13.1 Å². The second-order valence-corrected chi connectivity index (χ2v) is 5.03. The topological polar surface area (TPSA) is 29.0 Å². The van der Waals surface area contributed by atoms with E-state index in [1.54, 1.807) is 0 Å². The van der Waals surface area contributed by atoms with Crippen LogP contribution in [0.25, 0.3) is 0 Å². The summed E-state index contributed by atoms with van der Waals surface area (Å²) in [6.45, 7) is 0. The van der Waals surface area contributed by atoms with E-state index < -0.39 is 11.9 Å². The van der Waals surface area contributed by atoms with Gasteiger partial charge in [-0.05, 0) is 25.0 Å². The van der Waals surface area contributed by atoms with Crippen LogP contribution in [-0.4, -0.2) is 23.3 Å². The van der Waals surface area contributed by atoms with Crippen molar-refractivity contribution >= 4 is 5.82 Å². The molecular formula is C13H18F3N3. The van der Waals surface area contributed by atoms with Gasteiger partial charge in [0.2, 0.25) is 0 Å². The van der Waals surface area contributed by atoms with Gasteiger partial charge < -0.3 is 4.90 Å². The van der Waals surface area contributed by atoms with Crippen LogP contribution < -0.4 is 4.90 Å². The standard InChI is InChI=1S/C13H18F3N3/c1-19(10-6-4-2-3-5-7-10)12-9-8-11(17-18-12)13(14,15)16/h8-10H,2-7H2,1H3. The second-order valence-electron chi connectivity index (χ2n) is 5.03. The van der Waals surface area contributed by atoms with Crippen LogP contribution in [0.5, 0.6) is 0 Å². The molecule has 0 spiro atoms. The van der Waals surface area contributed by atoms with Gasteiger partial charge in [0.05, 0.1) is 0 Å². The van der Waals surface area contributed by atoms with Crippen molar-refractivity contribution in [2.75, 3.05) is 11.9 Å². The average Bonchev–Trinajstić information content (AvgIpc) is 2.66. The number of alkyl halides is 3. The Morgan fingerprint density at radius 3 is 2.16 bits per heavy atom. The predicted molar refractivity (Wildman–Crippen MR) is 66.9 cm³/mol. The van der Waals surface area contributed by atoms with E-state index in [0.29, 0.717) is 11.9 Å². The molecule has 3 nitrogen and oxygen atoms in total. The molecule has 2 rings (SSSR count). The van der Waals surface area contributed by atoms with Crippen LogP contribution in [0.4, 0.5) is 19.0 Å². The Labute approximate surface area is 110 Å². The second kappa shape index (κ2) is 5.75. The smallest absolute Gasteiger partial charge is 0.355 e. The Kier molecular flexibility index (Phi) is 4.27. The Bertz CT molecular complexity index is 395. The minimum absolute atomic E-state index is 0.355. The Balaban J connectivity index is 2.08. The third kappa shape index (κ3) is 3.58. The van der Waals surface area contributed by atoms with Crippen LogP contribution in [0.2, 0.25) is 0 Å². The Hall–Kier alpha value is -1.33. The van der Waals surface area contributed by atoms with Crippen LogP contribution >= 0.6 is 0 Å². The molecule has 0 aliphatic heterocycles. The molecule has 0 radical (unpaired) electrons. The molecule has 0 atom stereocenters. The van der Waals surface area contributed by atoms with Gasteiger partial charge in [0.25, 0.3) is 0 Å². The van der Waals surface area contributed by atoms with E-state index in [0.717, 1.165) is 18.9 Å². The first-order valence-corrected chi connectivity index (χ1v) is 6.62. The molecule has 0 N–H and O–H groups in total. The fraction of sp³-hybridized carbons (Fsp3) is 0.692. The highest BCUT2D eigenvalue weighted by Gasteiger charge is 2.33. The Morgan fingerprint density at radius 1 is 1.05 bits per heavy atom. The van der Waals surface area contributed by atoms with Crippen molar-refractivity contribution < 1.29 is 13.2 Å². The summed E-state index contributed by atoms with van der Waals surface area (Å²) in [7, 11) is 1.88. The highest BCUT2D eigenvalue weighted by atomic mass is 19.4. The van der Waals surface area contributed by atoms with E-state index in [9.17, 15) is 13.2 Å². The van der Waals surface area contributed by atoms with Gasteiger partial charge in [0.15, 0.2) is 11.5 Å². The van der Waals surface area contributed by atoms with Crippen LogP contribution in [0, 0.1) is 0 Å². The molecule has 1 saturated carbocycles. The van der Waals surface area contributed by atoms with Gasteiger partial charge >= 0.3 is 6.18 Å². The van der Waals surface area contributed by atoms with Gasteiger partial charge in [-0.25, -0.2) is 0 Å². The summed E-state index contributed by atoms with van der Waals surface area (Å²) in [4.78, 5) is 1.96. The summed E-state index contributed by atoms with van der Waals surface area (Å²) in [6, 6.07) is 2.75. The molecule has 1 heterocycles. The molecule has 19 heavy (non-hydrogen) atoms. The molecule has 6 heteroatoms. The molecule has 1 aromatic heterocycles. The molecule has 0 aromatic carbocycles. The number of anilines is 1. The van der Waals surface area contributed by atoms with Crippen molar-refractivity contribution in [3.63, 3.8) is 0 Å². The third-order valence-electron chi connectivity index (χ3n) is 3.67. The molecule has 1 aliphatic rings. The molecular weight excluding hydrogens is 255 g/mol. The highest BCUT2D eigenvalue weighted by molar-refractivity contribution is 5.37. The molecule has 106 valence electrons. The third-order valence-corrected chi connectivity index (χ3v) is 3.67. The highest BCUT2D eigenvalue weighted by Crippen LogP contribution is 2.28. The summed E-state index contributed by atoms with van der Waals surface area (Å²) in [5.41, 5.74) is -0.939. The van der Waals surface area contributed by atoms with E-state index in [1.807, 2.05) is 11.9 Å². The minimum atomic E-state index is -4.42. The molecule has 0 amide bonds. The summed E-state index contributed by atoms with van der Waals surface area (Å²) in [5, 5.41) is 6.98. The predicted octanol–water partition coefficient (Wildman–Crippen LogP) is 3.65. The zero-order valence-electron chi connectivity index (χ0n) is 11.0. The zero-order chi connectivity index (χ0) is 13.9. The maximum Gasteiger partial charge on any atom is 0.435 e. The average molecular weight is 273 g/mol. The van der Waals surface area contributed by atoms with E-state index in [-0.39, 0.29) is 0 Å². The number of hydrogen-bond donors (Lipinski definition) is 0. The normalized spacial score (nSPS) is 18.1. The van der Waals surface area contributed by atoms with Crippen molar-refractivity contribution in [1.29, 1.82) is 0 Å². The summed E-state index contributed by atoms with van der Waals surface area (Å²) >= 11 is 0. The maximum absolute atomic E-state index is 12.4. The van der Waals surface area contributed by atoms with Crippen molar-refractivity contribution in [3.8, 4) is 0 Å². The van der Waals surface area contributed by atoms with E-state index >= 15 is 0 Å². The first-order valence-electron chi connectivity index (χ1n) is 6.62. The van der Waals surface area contributed by atoms with Gasteiger partial charge in [-0.3, -0.25) is 0 Å². The van der Waals surface area contributed by atoms with Crippen molar-refractivity contribution in [2.45, 2.75) is 50.7 Å². The van der Waals surface area contributed by atoms with Gasteiger partial charge in [-0.1, -0.05) is 25.7 Å². The van der Waals surface area contributed by atoms with Crippen LogP contribution in [0.1, 0.15) is 44.2 Å². The summed E-state index contributed by atoms with van der Waals surface area (Å²) in [6.07, 6.45) is 2.53. The largest absolute Gasteiger partial charge is 0.435 e. The molecule has 1 fully saturated rings. The first-order chi connectivity index (χ1) is 8.98. The Morgan fingerprint density at radius 2 is 1.68 bits per heavy atom. The van der Waals surface area contributed by atoms with E-state index in [2.05, 4.69) is 10.2 Å². The van der Waals surface area contributed by atoms with Crippen molar-refractivity contribution in [1.82, 2.24) is 10.2 Å².